The van der Waals surface area contributed by atoms with Gasteiger partial charge in [-0.25, -0.2) is 4.98 Å². The number of imidazole rings is 1. The summed E-state index contributed by atoms with van der Waals surface area (Å²) in [5.41, 5.74) is 0.975. The molecule has 0 aliphatic heterocycles. The van der Waals surface area contributed by atoms with Crippen molar-refractivity contribution in [3.8, 4) is 11.5 Å². The van der Waals surface area contributed by atoms with Gasteiger partial charge in [0.05, 0.1) is 26.8 Å². The number of likely N-dealkylation sites (N-methyl/N-ethyl adjacent to an activating group) is 1. The number of aromatic nitrogens is 2. The summed E-state index contributed by atoms with van der Waals surface area (Å²) in [5, 5.41) is 2.85. The molecule has 166 valence electrons. The molecule has 2 aromatic rings. The number of halogens is 3. The maximum Gasteiger partial charge on any atom is 0.406 e. The summed E-state index contributed by atoms with van der Waals surface area (Å²) in [7, 11) is 4.79. The average molecular weight is 428 g/mol. The van der Waals surface area contributed by atoms with E-state index < -0.39 is 18.8 Å². The van der Waals surface area contributed by atoms with E-state index in [4.69, 9.17) is 9.47 Å². The van der Waals surface area contributed by atoms with Crippen LogP contribution in [0.2, 0.25) is 0 Å². The maximum absolute atomic E-state index is 12.7. The molecule has 7 nitrogen and oxygen atoms in total. The van der Waals surface area contributed by atoms with E-state index in [1.165, 1.54) is 12.4 Å². The number of carbonyl (C=O) groups is 1. The minimum atomic E-state index is -4.33. The molecule has 0 aliphatic carbocycles. The summed E-state index contributed by atoms with van der Waals surface area (Å²) in [4.78, 5) is 18.1. The zero-order chi connectivity index (χ0) is 22.3. The Labute approximate surface area is 173 Å². The molecule has 1 amide bonds. The van der Waals surface area contributed by atoms with Gasteiger partial charge in [-0.2, -0.15) is 13.2 Å². The summed E-state index contributed by atoms with van der Waals surface area (Å²) >= 11 is 0. The summed E-state index contributed by atoms with van der Waals surface area (Å²) in [6.45, 7) is 1.12. The van der Waals surface area contributed by atoms with Gasteiger partial charge in [-0.05, 0) is 38.1 Å². The van der Waals surface area contributed by atoms with Gasteiger partial charge in [0.1, 0.15) is 12.4 Å². The molecule has 0 fully saturated rings. The van der Waals surface area contributed by atoms with E-state index in [0.29, 0.717) is 24.5 Å². The number of benzene rings is 1. The number of carbonyl (C=O) groups excluding carboxylic acids is 1. The number of alkyl halides is 3. The molecule has 0 aliphatic rings. The van der Waals surface area contributed by atoms with Gasteiger partial charge in [-0.15, -0.1) is 0 Å². The van der Waals surface area contributed by atoms with Crippen molar-refractivity contribution in [2.45, 2.75) is 38.7 Å². The quantitative estimate of drug-likeness (QED) is 0.630. The molecular weight excluding hydrogens is 401 g/mol. The third-order valence-electron chi connectivity index (χ3n) is 4.74. The number of nitrogens with zero attached hydrogens (tertiary/aromatic N) is 3. The monoisotopic (exact) mass is 428 g/mol. The highest BCUT2D eigenvalue weighted by Crippen LogP contribution is 2.27. The zero-order valence-corrected chi connectivity index (χ0v) is 17.5. The van der Waals surface area contributed by atoms with Crippen LogP contribution in [-0.2, 0) is 24.3 Å². The molecule has 0 bridgehead atoms. The first-order valence-electron chi connectivity index (χ1n) is 9.40. The average Bonchev–Trinajstić information content (AvgIpc) is 3.11. The molecule has 1 aromatic carbocycles. The van der Waals surface area contributed by atoms with Crippen LogP contribution in [0.5, 0.6) is 11.5 Å². The first-order valence-corrected chi connectivity index (χ1v) is 9.40. The summed E-state index contributed by atoms with van der Waals surface area (Å²) in [6, 6.07) is 5.01. The number of ether oxygens (including phenoxy) is 2. The number of rotatable bonds is 10. The molecular formula is C20H27F3N4O3. The summed E-state index contributed by atoms with van der Waals surface area (Å²) in [6.07, 6.45) is -1.13. The van der Waals surface area contributed by atoms with Gasteiger partial charge in [0, 0.05) is 18.9 Å². The molecule has 1 atom stereocenters. The lowest BCUT2D eigenvalue weighted by atomic mass is 10.1. The molecule has 2 rings (SSSR count). The Kier molecular flexibility index (Phi) is 8.10. The number of hydrogen-bond acceptors (Lipinski definition) is 5. The first-order chi connectivity index (χ1) is 14.1. The van der Waals surface area contributed by atoms with Crippen molar-refractivity contribution in [3.63, 3.8) is 0 Å². The summed E-state index contributed by atoms with van der Waals surface area (Å²) < 4.78 is 49.5. The van der Waals surface area contributed by atoms with Gasteiger partial charge in [-0.3, -0.25) is 9.69 Å². The lowest BCUT2D eigenvalue weighted by Gasteiger charge is -2.24. The van der Waals surface area contributed by atoms with Crippen molar-refractivity contribution in [1.82, 2.24) is 19.8 Å². The van der Waals surface area contributed by atoms with E-state index in [1.54, 1.807) is 39.2 Å². The molecule has 1 heterocycles. The Balaban J connectivity index is 1.86. The van der Waals surface area contributed by atoms with Crippen molar-refractivity contribution in [1.29, 1.82) is 0 Å². The molecule has 30 heavy (non-hydrogen) atoms. The smallest absolute Gasteiger partial charge is 0.406 e. The van der Waals surface area contributed by atoms with Gasteiger partial charge in [0.25, 0.3) is 0 Å². The van der Waals surface area contributed by atoms with Crippen LogP contribution in [0.1, 0.15) is 18.3 Å². The second-order valence-corrected chi connectivity index (χ2v) is 6.91. The van der Waals surface area contributed by atoms with E-state index in [0.717, 1.165) is 10.1 Å². The number of methoxy groups -OCH3 is 2. The Bertz CT molecular complexity index is 839. The fraction of sp³-hybridized carbons (Fsp3) is 0.500. The van der Waals surface area contributed by atoms with E-state index in [9.17, 15) is 18.0 Å². The van der Waals surface area contributed by atoms with Crippen molar-refractivity contribution >= 4 is 5.91 Å². The molecule has 0 radical (unpaired) electrons. The number of amides is 1. The zero-order valence-electron chi connectivity index (χ0n) is 17.5. The van der Waals surface area contributed by atoms with E-state index in [2.05, 4.69) is 10.3 Å². The second-order valence-electron chi connectivity index (χ2n) is 6.91. The SMILES string of the molecule is COc1ccc(CCNC(=O)C(C)N(C)Cc2nccn2CC(F)(F)F)cc1OC. The van der Waals surface area contributed by atoms with Gasteiger partial charge in [0.15, 0.2) is 11.5 Å². The second kappa shape index (κ2) is 10.3. The van der Waals surface area contributed by atoms with Crippen LogP contribution < -0.4 is 14.8 Å². The molecule has 1 N–H and O–H groups in total. The lowest BCUT2D eigenvalue weighted by molar-refractivity contribution is -0.141. The number of nitrogens with one attached hydrogen (secondary N) is 1. The van der Waals surface area contributed by atoms with Crippen LogP contribution in [0.3, 0.4) is 0 Å². The van der Waals surface area contributed by atoms with E-state index in [-0.39, 0.29) is 18.3 Å². The Morgan fingerprint density at radius 2 is 1.97 bits per heavy atom. The Morgan fingerprint density at radius 1 is 1.27 bits per heavy atom. The van der Waals surface area contributed by atoms with Crippen molar-refractivity contribution in [2.24, 2.45) is 0 Å². The van der Waals surface area contributed by atoms with Gasteiger partial charge >= 0.3 is 6.18 Å². The van der Waals surface area contributed by atoms with Gasteiger partial charge in [0.2, 0.25) is 5.91 Å². The standard InChI is InChI=1S/C20H27F3N4O3/c1-14(26(2)12-18-24-9-10-27(18)13-20(21,22)23)19(28)25-8-7-15-5-6-16(29-3)17(11-15)30-4/h5-6,9-11,14H,7-8,12-13H2,1-4H3,(H,25,28). The fourth-order valence-corrected chi connectivity index (χ4v) is 2.90. The molecule has 1 aromatic heterocycles. The highest BCUT2D eigenvalue weighted by Gasteiger charge is 2.29. The molecule has 1 unspecified atom stereocenters. The normalized spacial score (nSPS) is 12.7. The largest absolute Gasteiger partial charge is 0.493 e. The van der Waals surface area contributed by atoms with Crippen LogP contribution in [0.15, 0.2) is 30.6 Å². The third-order valence-corrected chi connectivity index (χ3v) is 4.74. The van der Waals surface area contributed by atoms with Crippen molar-refractivity contribution in [3.05, 3.63) is 42.0 Å². The molecule has 0 spiro atoms. The van der Waals surface area contributed by atoms with Gasteiger partial charge in [-0.1, -0.05) is 6.07 Å². The Hall–Kier alpha value is -2.75. The van der Waals surface area contributed by atoms with Crippen LogP contribution in [-0.4, -0.2) is 60.4 Å². The third kappa shape index (κ3) is 6.65. The van der Waals surface area contributed by atoms with E-state index >= 15 is 0 Å². The van der Waals surface area contributed by atoms with Crippen LogP contribution in [0, 0.1) is 0 Å². The highest BCUT2D eigenvalue weighted by atomic mass is 19.4. The topological polar surface area (TPSA) is 68.6 Å². The highest BCUT2D eigenvalue weighted by molar-refractivity contribution is 5.81. The van der Waals surface area contributed by atoms with E-state index in [1.807, 2.05) is 12.1 Å². The minimum Gasteiger partial charge on any atom is -0.493 e. The predicted molar refractivity (Wildman–Crippen MR) is 105 cm³/mol. The first kappa shape index (κ1) is 23.5. The van der Waals surface area contributed by atoms with Crippen molar-refractivity contribution in [2.75, 3.05) is 27.8 Å². The van der Waals surface area contributed by atoms with Gasteiger partial charge < -0.3 is 19.4 Å². The maximum atomic E-state index is 12.7. The molecule has 10 heteroatoms. The predicted octanol–water partition coefficient (Wildman–Crippen LogP) is 2.64. The molecule has 0 saturated heterocycles. The van der Waals surface area contributed by atoms with Crippen molar-refractivity contribution < 1.29 is 27.4 Å². The van der Waals surface area contributed by atoms with Crippen LogP contribution in [0.25, 0.3) is 0 Å². The number of hydrogen-bond donors (Lipinski definition) is 1. The van der Waals surface area contributed by atoms with Crippen LogP contribution in [0.4, 0.5) is 13.2 Å². The minimum absolute atomic E-state index is 0.118. The fourth-order valence-electron chi connectivity index (χ4n) is 2.90. The van der Waals surface area contributed by atoms with Crippen LogP contribution >= 0.6 is 0 Å². The Morgan fingerprint density at radius 3 is 2.60 bits per heavy atom. The lowest BCUT2D eigenvalue weighted by Crippen LogP contribution is -2.43. The summed E-state index contributed by atoms with van der Waals surface area (Å²) in [5.74, 6) is 1.28. The molecule has 0 saturated carbocycles.